The molecule has 34 heavy (non-hydrogen) atoms. The van der Waals surface area contributed by atoms with Crippen LogP contribution in [0.4, 0.5) is 0 Å². The summed E-state index contributed by atoms with van der Waals surface area (Å²) in [5.41, 5.74) is 0.848. The quantitative estimate of drug-likeness (QED) is 0.451. The molecule has 0 spiro atoms. The number of nitrogens with one attached hydrogen (secondary N) is 2. The van der Waals surface area contributed by atoms with Crippen molar-refractivity contribution in [3.63, 3.8) is 0 Å². The molecule has 0 saturated carbocycles. The van der Waals surface area contributed by atoms with Crippen molar-refractivity contribution in [2.45, 2.75) is 79.2 Å². The Morgan fingerprint density at radius 3 is 2.21 bits per heavy atom. The minimum absolute atomic E-state index is 0.000850. The van der Waals surface area contributed by atoms with E-state index in [4.69, 9.17) is 9.47 Å². The van der Waals surface area contributed by atoms with Gasteiger partial charge in [0.05, 0.1) is 0 Å². The van der Waals surface area contributed by atoms with E-state index in [9.17, 15) is 19.2 Å². The summed E-state index contributed by atoms with van der Waals surface area (Å²) in [6.07, 6.45) is 0.207. The highest BCUT2D eigenvalue weighted by molar-refractivity contribution is 5.97. The van der Waals surface area contributed by atoms with Crippen LogP contribution in [0.15, 0.2) is 30.3 Å². The minimum Gasteiger partial charge on any atom is -0.459 e. The lowest BCUT2D eigenvalue weighted by molar-refractivity contribution is -0.193. The average Bonchev–Trinajstić information content (AvgIpc) is 2.78. The first-order valence-electron chi connectivity index (χ1n) is 12.1. The van der Waals surface area contributed by atoms with Crippen LogP contribution < -0.4 is 10.6 Å². The molecular weight excluding hydrogens is 436 g/mol. The van der Waals surface area contributed by atoms with Gasteiger partial charge in [-0.1, -0.05) is 78.3 Å². The van der Waals surface area contributed by atoms with Gasteiger partial charge in [0.15, 0.2) is 6.10 Å². The zero-order valence-electron chi connectivity index (χ0n) is 21.0. The summed E-state index contributed by atoms with van der Waals surface area (Å²) in [6.45, 7) is 11.5. The number of hydrogen-bond donors (Lipinski definition) is 2. The molecule has 2 rings (SSSR count). The molecule has 1 fully saturated rings. The molecule has 8 heteroatoms. The molecule has 2 N–H and O–H groups in total. The van der Waals surface area contributed by atoms with E-state index in [1.807, 2.05) is 71.9 Å². The molecule has 188 valence electrons. The van der Waals surface area contributed by atoms with Crippen LogP contribution in [0.1, 0.15) is 59.9 Å². The van der Waals surface area contributed by atoms with Crippen molar-refractivity contribution in [2.75, 3.05) is 0 Å². The van der Waals surface area contributed by atoms with Gasteiger partial charge in [-0.05, 0) is 29.7 Å². The van der Waals surface area contributed by atoms with Crippen molar-refractivity contribution >= 4 is 23.8 Å². The fourth-order valence-electron chi connectivity index (χ4n) is 3.86. The molecule has 0 bridgehead atoms. The van der Waals surface area contributed by atoms with Crippen molar-refractivity contribution in [3.8, 4) is 0 Å². The Morgan fingerprint density at radius 1 is 1.03 bits per heavy atom. The third-order valence-electron chi connectivity index (χ3n) is 6.14. The van der Waals surface area contributed by atoms with Crippen LogP contribution >= 0.6 is 0 Å². The molecule has 1 aliphatic heterocycles. The van der Waals surface area contributed by atoms with Crippen molar-refractivity contribution in [1.29, 1.82) is 0 Å². The highest BCUT2D eigenvalue weighted by Gasteiger charge is 2.50. The summed E-state index contributed by atoms with van der Waals surface area (Å²) in [5.74, 6) is -2.50. The molecule has 1 heterocycles. The van der Waals surface area contributed by atoms with E-state index >= 15 is 0 Å². The summed E-state index contributed by atoms with van der Waals surface area (Å²) in [5, 5.41) is 5.50. The number of benzene rings is 1. The van der Waals surface area contributed by atoms with Crippen LogP contribution in [-0.2, 0) is 35.3 Å². The summed E-state index contributed by atoms with van der Waals surface area (Å²) in [6, 6.07) is 7.56. The number of esters is 2. The largest absolute Gasteiger partial charge is 0.459 e. The molecule has 0 aromatic heterocycles. The number of hydrogen-bond acceptors (Lipinski definition) is 6. The molecule has 1 saturated heterocycles. The van der Waals surface area contributed by atoms with Gasteiger partial charge < -0.3 is 20.1 Å². The van der Waals surface area contributed by atoms with Gasteiger partial charge in [0.25, 0.3) is 5.91 Å². The maximum atomic E-state index is 13.1. The zero-order valence-corrected chi connectivity index (χ0v) is 21.0. The van der Waals surface area contributed by atoms with E-state index in [1.165, 1.54) is 0 Å². The van der Waals surface area contributed by atoms with Gasteiger partial charge in [-0.2, -0.15) is 0 Å². The maximum Gasteiger partial charge on any atom is 0.329 e. The number of rotatable bonds is 12. The van der Waals surface area contributed by atoms with Crippen LogP contribution in [0.5, 0.6) is 0 Å². The molecule has 8 nitrogen and oxygen atoms in total. The first-order chi connectivity index (χ1) is 16.0. The predicted molar refractivity (Wildman–Crippen MR) is 127 cm³/mol. The smallest absolute Gasteiger partial charge is 0.329 e. The van der Waals surface area contributed by atoms with Gasteiger partial charge in [-0.25, -0.2) is 4.79 Å². The second kappa shape index (κ2) is 12.5. The van der Waals surface area contributed by atoms with Crippen LogP contribution in [0.3, 0.4) is 0 Å². The van der Waals surface area contributed by atoms with E-state index in [0.717, 1.165) is 12.0 Å². The number of cyclic esters (lactones) is 1. The average molecular weight is 475 g/mol. The van der Waals surface area contributed by atoms with Gasteiger partial charge in [-0.15, -0.1) is 0 Å². The van der Waals surface area contributed by atoms with Crippen LogP contribution in [0.2, 0.25) is 0 Å². The predicted octanol–water partition coefficient (Wildman–Crippen LogP) is 2.99. The molecule has 2 amide bonds. The fourth-order valence-corrected chi connectivity index (χ4v) is 3.86. The molecule has 0 radical (unpaired) electrons. The molecule has 1 aliphatic rings. The van der Waals surface area contributed by atoms with E-state index in [-0.39, 0.29) is 30.3 Å². The van der Waals surface area contributed by atoms with Crippen LogP contribution in [0.25, 0.3) is 0 Å². The lowest BCUT2D eigenvalue weighted by Gasteiger charge is -2.38. The SMILES string of the molecule is CC[C@H](C)C1C(=O)OC1C(=O)NC(CC(C)C)C(=O)NC(C(=O)OCc1ccccc1)C(C)C. The Balaban J connectivity index is 2.04. The lowest BCUT2D eigenvalue weighted by atomic mass is 9.82. The highest BCUT2D eigenvalue weighted by Crippen LogP contribution is 2.31. The summed E-state index contributed by atoms with van der Waals surface area (Å²) in [4.78, 5) is 50.6. The van der Waals surface area contributed by atoms with Crippen molar-refractivity contribution in [2.24, 2.45) is 23.7 Å². The third-order valence-corrected chi connectivity index (χ3v) is 6.14. The summed E-state index contributed by atoms with van der Waals surface area (Å²) in [7, 11) is 0. The Hall–Kier alpha value is -2.90. The zero-order chi connectivity index (χ0) is 25.4. The molecule has 1 aromatic rings. The van der Waals surface area contributed by atoms with Crippen LogP contribution in [-0.4, -0.2) is 41.9 Å². The highest BCUT2D eigenvalue weighted by atomic mass is 16.6. The first kappa shape index (κ1) is 27.3. The second-order valence-corrected chi connectivity index (χ2v) is 9.78. The number of carbonyl (C=O) groups excluding carboxylic acids is 4. The molecule has 1 aromatic carbocycles. The Kier molecular flexibility index (Phi) is 10.1. The van der Waals surface area contributed by atoms with Gasteiger partial charge >= 0.3 is 11.9 Å². The number of carbonyl (C=O) groups is 4. The van der Waals surface area contributed by atoms with Gasteiger partial charge in [0.1, 0.15) is 24.6 Å². The standard InChI is InChI=1S/C26H38N2O6/c1-7-17(6)20-22(34-25(20)31)24(30)27-19(13-15(2)3)23(29)28-21(16(4)5)26(32)33-14-18-11-9-8-10-12-18/h8-12,15-17,19-22H,7,13-14H2,1-6H3,(H,27,30)(H,28,29)/t17-,19?,20?,21?,22?/m0/s1. The second-order valence-electron chi connectivity index (χ2n) is 9.78. The van der Waals surface area contributed by atoms with Crippen molar-refractivity contribution < 1.29 is 28.7 Å². The Labute approximate surface area is 202 Å². The minimum atomic E-state index is -0.901. The monoisotopic (exact) mass is 474 g/mol. The van der Waals surface area contributed by atoms with Crippen molar-refractivity contribution in [3.05, 3.63) is 35.9 Å². The van der Waals surface area contributed by atoms with Gasteiger partial charge in [-0.3, -0.25) is 14.4 Å². The Bertz CT molecular complexity index is 854. The fraction of sp³-hybridized carbons (Fsp3) is 0.615. The summed E-state index contributed by atoms with van der Waals surface area (Å²) >= 11 is 0. The first-order valence-corrected chi connectivity index (χ1v) is 12.1. The maximum absolute atomic E-state index is 13.1. The third kappa shape index (κ3) is 7.30. The molecule has 5 atom stereocenters. The van der Waals surface area contributed by atoms with Crippen molar-refractivity contribution in [1.82, 2.24) is 10.6 Å². The van der Waals surface area contributed by atoms with Gasteiger partial charge in [0, 0.05) is 0 Å². The normalized spacial score (nSPS) is 20.1. The molecular formula is C26H38N2O6. The molecule has 0 aliphatic carbocycles. The van der Waals surface area contributed by atoms with E-state index in [0.29, 0.717) is 6.42 Å². The van der Waals surface area contributed by atoms with E-state index < -0.39 is 41.9 Å². The van der Waals surface area contributed by atoms with E-state index in [2.05, 4.69) is 10.6 Å². The summed E-state index contributed by atoms with van der Waals surface area (Å²) < 4.78 is 10.5. The number of ether oxygens (including phenoxy) is 2. The topological polar surface area (TPSA) is 111 Å². The van der Waals surface area contributed by atoms with Crippen LogP contribution in [0, 0.1) is 23.7 Å². The lowest BCUT2D eigenvalue weighted by Crippen LogP contribution is -2.60. The van der Waals surface area contributed by atoms with E-state index in [1.54, 1.807) is 0 Å². The van der Waals surface area contributed by atoms with Gasteiger partial charge in [0.2, 0.25) is 5.91 Å². The molecule has 4 unspecified atom stereocenters. The Morgan fingerprint density at radius 2 is 1.68 bits per heavy atom. The number of amides is 2.